The van der Waals surface area contributed by atoms with Crippen LogP contribution in [0.25, 0.3) is 0 Å². The molecule has 1 aliphatic rings. The normalized spacial score (nSPS) is 22.4. The van der Waals surface area contributed by atoms with Gasteiger partial charge >= 0.3 is 0 Å². The van der Waals surface area contributed by atoms with E-state index in [2.05, 4.69) is 29.5 Å². The van der Waals surface area contributed by atoms with E-state index in [-0.39, 0.29) is 0 Å². The Morgan fingerprint density at radius 2 is 1.91 bits per heavy atom. The number of hydrogen-bond acceptors (Lipinski definition) is 0. The molecule has 66 valence electrons. The number of rotatable bonds is 4. The standard InChI is InChI=1S/C9H19IN/c1-2-3-6-11(9-10)7-4-5-8-11/h2-9H2,1H3/q+1. The number of nitrogens with zero attached hydrogens (tertiary/aromatic N) is 1. The summed E-state index contributed by atoms with van der Waals surface area (Å²) in [5, 5.41) is 0. The van der Waals surface area contributed by atoms with Gasteiger partial charge in [0, 0.05) is 12.8 Å². The molecule has 0 amide bonds. The molecule has 1 heterocycles. The first-order chi connectivity index (χ1) is 5.33. The SMILES string of the molecule is CCCC[N+]1(CI)CCCC1. The van der Waals surface area contributed by atoms with Gasteiger partial charge in [-0.1, -0.05) is 13.3 Å². The fraction of sp³-hybridized carbons (Fsp3) is 1.00. The van der Waals surface area contributed by atoms with Gasteiger partial charge in [0.2, 0.25) is 0 Å². The summed E-state index contributed by atoms with van der Waals surface area (Å²) in [5.41, 5.74) is 0. The molecule has 1 rings (SSSR count). The highest BCUT2D eigenvalue weighted by Gasteiger charge is 2.29. The third-order valence-electron chi connectivity index (χ3n) is 2.75. The predicted octanol–water partition coefficient (Wildman–Crippen LogP) is 2.79. The predicted molar refractivity (Wildman–Crippen MR) is 57.9 cm³/mol. The first kappa shape index (κ1) is 9.78. The summed E-state index contributed by atoms with van der Waals surface area (Å²) in [6, 6.07) is 0. The average molecular weight is 268 g/mol. The Balaban J connectivity index is 2.33. The maximum Gasteiger partial charge on any atom is 0.129 e. The van der Waals surface area contributed by atoms with E-state index in [1.165, 1.54) is 54.4 Å². The van der Waals surface area contributed by atoms with Crippen LogP contribution in [0.15, 0.2) is 0 Å². The van der Waals surface area contributed by atoms with Gasteiger partial charge in [0.05, 0.1) is 19.6 Å². The number of unbranched alkanes of at least 4 members (excludes halogenated alkanes) is 1. The summed E-state index contributed by atoms with van der Waals surface area (Å²) < 4.78 is 2.74. The molecule has 0 aromatic carbocycles. The third kappa shape index (κ3) is 2.58. The molecule has 0 aromatic rings. The van der Waals surface area contributed by atoms with Crippen molar-refractivity contribution in [2.24, 2.45) is 0 Å². The summed E-state index contributed by atoms with van der Waals surface area (Å²) in [6.45, 7) is 6.62. The van der Waals surface area contributed by atoms with Crippen LogP contribution in [0.2, 0.25) is 0 Å². The zero-order chi connectivity index (χ0) is 8.16. The van der Waals surface area contributed by atoms with E-state index in [0.717, 1.165) is 0 Å². The number of alkyl halides is 1. The van der Waals surface area contributed by atoms with Crippen LogP contribution < -0.4 is 0 Å². The Kier molecular flexibility index (Phi) is 4.13. The largest absolute Gasteiger partial charge is 0.316 e. The Morgan fingerprint density at radius 3 is 2.36 bits per heavy atom. The Morgan fingerprint density at radius 1 is 1.27 bits per heavy atom. The topological polar surface area (TPSA) is 0 Å². The molecule has 0 bridgehead atoms. The molecule has 0 N–H and O–H groups in total. The van der Waals surface area contributed by atoms with Crippen LogP contribution in [0.1, 0.15) is 32.6 Å². The summed E-state index contributed by atoms with van der Waals surface area (Å²) >= 11 is 2.55. The van der Waals surface area contributed by atoms with Crippen molar-refractivity contribution in [3.63, 3.8) is 0 Å². The molecular weight excluding hydrogens is 249 g/mol. The lowest BCUT2D eigenvalue weighted by atomic mass is 10.3. The van der Waals surface area contributed by atoms with Crippen LogP contribution in [-0.2, 0) is 0 Å². The minimum absolute atomic E-state index is 1.33. The molecule has 0 unspecified atom stereocenters. The Labute approximate surface area is 83.9 Å². The molecule has 2 heteroatoms. The van der Waals surface area contributed by atoms with E-state index in [4.69, 9.17) is 0 Å². The van der Waals surface area contributed by atoms with Crippen molar-refractivity contribution in [1.29, 1.82) is 0 Å². The first-order valence-electron chi connectivity index (χ1n) is 4.74. The monoisotopic (exact) mass is 268 g/mol. The highest BCUT2D eigenvalue weighted by molar-refractivity contribution is 14.1. The fourth-order valence-electron chi connectivity index (χ4n) is 1.90. The smallest absolute Gasteiger partial charge is 0.129 e. The Bertz CT molecular complexity index is 108. The second-order valence-corrected chi connectivity index (χ2v) is 4.37. The summed E-state index contributed by atoms with van der Waals surface area (Å²) in [5.74, 6) is 0. The van der Waals surface area contributed by atoms with Crippen molar-refractivity contribution in [3.8, 4) is 0 Å². The van der Waals surface area contributed by atoms with Crippen molar-refractivity contribution < 1.29 is 4.48 Å². The average Bonchev–Trinajstić information content (AvgIpc) is 2.50. The molecule has 0 aromatic heterocycles. The zero-order valence-corrected chi connectivity index (χ0v) is 9.64. The lowest BCUT2D eigenvalue weighted by molar-refractivity contribution is -0.901. The van der Waals surface area contributed by atoms with E-state index in [1.807, 2.05) is 0 Å². The lowest BCUT2D eigenvalue weighted by Gasteiger charge is -2.31. The minimum atomic E-state index is 1.33. The molecule has 1 nitrogen and oxygen atoms in total. The van der Waals surface area contributed by atoms with Crippen LogP contribution in [0.4, 0.5) is 0 Å². The lowest BCUT2D eigenvalue weighted by Crippen LogP contribution is -2.44. The molecule has 1 saturated heterocycles. The van der Waals surface area contributed by atoms with Gasteiger partial charge in [0.15, 0.2) is 0 Å². The molecule has 0 radical (unpaired) electrons. The van der Waals surface area contributed by atoms with Crippen LogP contribution in [0, 0.1) is 0 Å². The van der Waals surface area contributed by atoms with Gasteiger partial charge in [-0.05, 0) is 29.0 Å². The van der Waals surface area contributed by atoms with Gasteiger partial charge in [0.25, 0.3) is 0 Å². The maximum absolute atomic E-state index is 2.55. The highest BCUT2D eigenvalue weighted by atomic mass is 127. The zero-order valence-electron chi connectivity index (χ0n) is 7.48. The summed E-state index contributed by atoms with van der Waals surface area (Å²) in [4.78, 5) is 0. The van der Waals surface area contributed by atoms with E-state index >= 15 is 0 Å². The summed E-state index contributed by atoms with van der Waals surface area (Å²) in [6.07, 6.45) is 5.71. The second kappa shape index (κ2) is 4.65. The van der Waals surface area contributed by atoms with Crippen molar-refractivity contribution in [2.45, 2.75) is 32.6 Å². The first-order valence-corrected chi connectivity index (χ1v) is 6.26. The number of halogens is 1. The van der Waals surface area contributed by atoms with Crippen LogP contribution in [0.5, 0.6) is 0 Å². The molecule has 0 aliphatic carbocycles. The third-order valence-corrected chi connectivity index (χ3v) is 4.20. The maximum atomic E-state index is 2.55. The molecule has 0 atom stereocenters. The van der Waals surface area contributed by atoms with Crippen molar-refractivity contribution in [3.05, 3.63) is 0 Å². The van der Waals surface area contributed by atoms with Gasteiger partial charge in [-0.3, -0.25) is 0 Å². The van der Waals surface area contributed by atoms with Crippen LogP contribution in [0.3, 0.4) is 0 Å². The van der Waals surface area contributed by atoms with Crippen molar-refractivity contribution in [1.82, 2.24) is 0 Å². The molecule has 11 heavy (non-hydrogen) atoms. The Hall–Kier alpha value is 0.690. The van der Waals surface area contributed by atoms with Crippen LogP contribution in [-0.4, -0.2) is 28.7 Å². The number of hydrogen-bond donors (Lipinski definition) is 0. The molecule has 1 fully saturated rings. The van der Waals surface area contributed by atoms with Gasteiger partial charge in [-0.2, -0.15) is 0 Å². The van der Waals surface area contributed by atoms with Gasteiger partial charge < -0.3 is 4.48 Å². The van der Waals surface area contributed by atoms with E-state index in [9.17, 15) is 0 Å². The molecule has 1 aliphatic heterocycles. The molecular formula is C9H19IN+. The molecule has 0 saturated carbocycles. The van der Waals surface area contributed by atoms with E-state index in [1.54, 1.807) is 0 Å². The summed E-state index contributed by atoms with van der Waals surface area (Å²) in [7, 11) is 0. The quantitative estimate of drug-likeness (QED) is 0.318. The van der Waals surface area contributed by atoms with Crippen LogP contribution >= 0.6 is 22.6 Å². The van der Waals surface area contributed by atoms with Gasteiger partial charge in [-0.15, -0.1) is 0 Å². The van der Waals surface area contributed by atoms with E-state index < -0.39 is 0 Å². The highest BCUT2D eigenvalue weighted by Crippen LogP contribution is 2.21. The van der Waals surface area contributed by atoms with Gasteiger partial charge in [0.1, 0.15) is 4.55 Å². The van der Waals surface area contributed by atoms with E-state index in [0.29, 0.717) is 0 Å². The fourth-order valence-corrected chi connectivity index (χ4v) is 2.93. The van der Waals surface area contributed by atoms with Crippen molar-refractivity contribution >= 4 is 22.6 Å². The minimum Gasteiger partial charge on any atom is -0.316 e. The number of quaternary nitrogens is 1. The second-order valence-electron chi connectivity index (χ2n) is 3.69. The van der Waals surface area contributed by atoms with Crippen molar-refractivity contribution in [2.75, 3.05) is 24.2 Å². The molecule has 0 spiro atoms. The van der Waals surface area contributed by atoms with Gasteiger partial charge in [-0.25, -0.2) is 0 Å². The number of likely N-dealkylation sites (tertiary alicyclic amines) is 1.